The van der Waals surface area contributed by atoms with Gasteiger partial charge in [-0.05, 0) is 37.3 Å². The van der Waals surface area contributed by atoms with Crippen LogP contribution in [0.1, 0.15) is 29.7 Å². The van der Waals surface area contributed by atoms with Gasteiger partial charge in [0, 0.05) is 29.4 Å². The molecular weight excluding hydrogens is 432 g/mol. The molecule has 1 aliphatic rings. The summed E-state index contributed by atoms with van der Waals surface area (Å²) in [4.78, 5) is 39.2. The van der Waals surface area contributed by atoms with Gasteiger partial charge < -0.3 is 15.2 Å². The minimum absolute atomic E-state index is 0.0238. The Kier molecular flexibility index (Phi) is 6.19. The fourth-order valence-corrected chi connectivity index (χ4v) is 4.06. The van der Waals surface area contributed by atoms with Gasteiger partial charge in [0.15, 0.2) is 0 Å². The van der Waals surface area contributed by atoms with E-state index in [-0.39, 0.29) is 17.2 Å². The van der Waals surface area contributed by atoms with E-state index >= 15 is 0 Å². The number of benzene rings is 3. The van der Waals surface area contributed by atoms with Crippen molar-refractivity contribution in [2.24, 2.45) is 0 Å². The van der Waals surface area contributed by atoms with Crippen molar-refractivity contribution in [2.75, 3.05) is 17.3 Å². The number of aryl methyl sites for hydroxylation is 1. The fraction of sp³-hybridized carbons (Fsp3) is 0.148. The van der Waals surface area contributed by atoms with E-state index in [0.29, 0.717) is 28.3 Å². The van der Waals surface area contributed by atoms with Crippen molar-refractivity contribution in [2.45, 2.75) is 19.9 Å². The van der Waals surface area contributed by atoms with Gasteiger partial charge >= 0.3 is 0 Å². The molecule has 2 N–H and O–H groups in total. The number of aliphatic hydroxyl groups is 1. The first kappa shape index (κ1) is 22.8. The molecule has 1 saturated heterocycles. The molecule has 1 unspecified atom stereocenters. The maximum atomic E-state index is 13.3. The Morgan fingerprint density at radius 2 is 1.62 bits per heavy atom. The number of nitrogens with one attached hydrogen (secondary N) is 1. The molecule has 7 nitrogen and oxygen atoms in total. The van der Waals surface area contributed by atoms with E-state index in [4.69, 9.17) is 4.74 Å². The lowest BCUT2D eigenvalue weighted by atomic mass is 9.94. The number of Topliss-reactive ketones (excluding diaryl/α,β-unsaturated/α-hetero) is 1. The van der Waals surface area contributed by atoms with Crippen LogP contribution in [0.15, 0.2) is 78.4 Å². The van der Waals surface area contributed by atoms with Crippen molar-refractivity contribution in [3.8, 4) is 5.75 Å². The second kappa shape index (κ2) is 9.23. The van der Waals surface area contributed by atoms with Crippen molar-refractivity contribution in [1.29, 1.82) is 0 Å². The van der Waals surface area contributed by atoms with E-state index < -0.39 is 17.7 Å². The van der Waals surface area contributed by atoms with Gasteiger partial charge in [-0.3, -0.25) is 19.3 Å². The third-order valence-electron chi connectivity index (χ3n) is 5.67. The number of carbonyl (C=O) groups is 3. The van der Waals surface area contributed by atoms with Gasteiger partial charge in [-0.25, -0.2) is 0 Å². The number of aliphatic hydroxyl groups excluding tert-OH is 1. The van der Waals surface area contributed by atoms with E-state index in [1.54, 1.807) is 60.7 Å². The summed E-state index contributed by atoms with van der Waals surface area (Å²) in [6, 6.07) is 19.8. The zero-order chi connectivity index (χ0) is 24.4. The lowest BCUT2D eigenvalue weighted by Crippen LogP contribution is -2.29. The molecule has 2 amide bonds. The Labute approximate surface area is 197 Å². The molecule has 1 fully saturated rings. The average molecular weight is 456 g/mol. The molecule has 3 aromatic rings. The molecule has 1 heterocycles. The average Bonchev–Trinajstić information content (AvgIpc) is 3.09. The number of hydrogen-bond donors (Lipinski definition) is 2. The Hall–Kier alpha value is -4.39. The molecule has 0 bridgehead atoms. The predicted octanol–water partition coefficient (Wildman–Crippen LogP) is 4.59. The van der Waals surface area contributed by atoms with Gasteiger partial charge in [-0.2, -0.15) is 0 Å². The predicted molar refractivity (Wildman–Crippen MR) is 130 cm³/mol. The molecule has 1 atom stereocenters. The molecule has 3 aromatic carbocycles. The second-order valence-electron chi connectivity index (χ2n) is 8.01. The summed E-state index contributed by atoms with van der Waals surface area (Å²) in [5.74, 6) is -1.56. The van der Waals surface area contributed by atoms with E-state index in [1.165, 1.54) is 18.9 Å². The maximum absolute atomic E-state index is 13.3. The summed E-state index contributed by atoms with van der Waals surface area (Å²) >= 11 is 0. The number of rotatable bonds is 5. The number of anilines is 2. The first-order valence-electron chi connectivity index (χ1n) is 10.7. The zero-order valence-corrected chi connectivity index (χ0v) is 19.0. The highest BCUT2D eigenvalue weighted by Crippen LogP contribution is 2.45. The summed E-state index contributed by atoms with van der Waals surface area (Å²) in [7, 11) is 1.51. The molecule has 1 aliphatic heterocycles. The zero-order valence-electron chi connectivity index (χ0n) is 19.0. The maximum Gasteiger partial charge on any atom is 0.300 e. The van der Waals surface area contributed by atoms with Crippen LogP contribution in [0.4, 0.5) is 11.4 Å². The number of amides is 2. The number of ketones is 1. The molecule has 0 aliphatic carbocycles. The van der Waals surface area contributed by atoms with Crippen molar-refractivity contribution < 1.29 is 24.2 Å². The normalized spacial score (nSPS) is 17.0. The fourth-order valence-electron chi connectivity index (χ4n) is 4.06. The monoisotopic (exact) mass is 456 g/mol. The molecule has 4 rings (SSSR count). The summed E-state index contributed by atoms with van der Waals surface area (Å²) < 4.78 is 5.52. The number of methoxy groups -OCH3 is 1. The highest BCUT2D eigenvalue weighted by molar-refractivity contribution is 6.51. The minimum atomic E-state index is -0.913. The van der Waals surface area contributed by atoms with Crippen molar-refractivity contribution in [3.63, 3.8) is 0 Å². The highest BCUT2D eigenvalue weighted by atomic mass is 16.5. The summed E-state index contributed by atoms with van der Waals surface area (Å²) in [5.41, 5.74) is 2.96. The Bertz CT molecular complexity index is 1290. The quantitative estimate of drug-likeness (QED) is 0.333. The highest BCUT2D eigenvalue weighted by Gasteiger charge is 2.47. The van der Waals surface area contributed by atoms with Crippen LogP contribution in [0.2, 0.25) is 0 Å². The lowest BCUT2D eigenvalue weighted by Gasteiger charge is -2.26. The van der Waals surface area contributed by atoms with Gasteiger partial charge in [0.05, 0.1) is 18.7 Å². The number of ether oxygens (including phenoxy) is 1. The summed E-state index contributed by atoms with van der Waals surface area (Å²) in [6.45, 7) is 3.32. The number of para-hydroxylation sites is 1. The second-order valence-corrected chi connectivity index (χ2v) is 8.01. The molecule has 0 saturated carbocycles. The standard InChI is InChI=1S/C27H24N2O5/c1-16-8-10-18(11-9-16)25(31)23-24(21-6-4-5-7-22(21)34-3)29(27(33)26(23)32)20-14-12-19(13-15-20)28-17(2)30/h4-15,24,31H,1-3H3,(H,28,30)/b25-23-. The van der Waals surface area contributed by atoms with Gasteiger partial charge in [-0.15, -0.1) is 0 Å². The third-order valence-corrected chi connectivity index (χ3v) is 5.67. The Morgan fingerprint density at radius 3 is 2.24 bits per heavy atom. The SMILES string of the molecule is COc1ccccc1C1/C(=C(/O)c2ccc(C)cc2)C(=O)C(=O)N1c1ccc(NC(C)=O)cc1. The van der Waals surface area contributed by atoms with Crippen LogP contribution in [-0.2, 0) is 14.4 Å². The molecule has 172 valence electrons. The van der Waals surface area contributed by atoms with Crippen LogP contribution in [0, 0.1) is 6.92 Å². The third kappa shape index (κ3) is 4.15. The van der Waals surface area contributed by atoms with Crippen LogP contribution in [-0.4, -0.2) is 29.8 Å². The van der Waals surface area contributed by atoms with Crippen LogP contribution in [0.5, 0.6) is 5.75 Å². The molecule has 0 spiro atoms. The van der Waals surface area contributed by atoms with Crippen LogP contribution in [0.3, 0.4) is 0 Å². The smallest absolute Gasteiger partial charge is 0.300 e. The van der Waals surface area contributed by atoms with E-state index in [1.807, 2.05) is 19.1 Å². The van der Waals surface area contributed by atoms with Crippen LogP contribution < -0.4 is 15.0 Å². The van der Waals surface area contributed by atoms with Gasteiger partial charge in [0.25, 0.3) is 11.7 Å². The minimum Gasteiger partial charge on any atom is -0.507 e. The summed E-state index contributed by atoms with van der Waals surface area (Å²) in [6.07, 6.45) is 0. The van der Waals surface area contributed by atoms with E-state index in [2.05, 4.69) is 5.32 Å². The van der Waals surface area contributed by atoms with Crippen LogP contribution in [0.25, 0.3) is 5.76 Å². The van der Waals surface area contributed by atoms with Gasteiger partial charge in [0.1, 0.15) is 11.5 Å². The lowest BCUT2D eigenvalue weighted by molar-refractivity contribution is -0.132. The van der Waals surface area contributed by atoms with Gasteiger partial charge in [0.2, 0.25) is 5.91 Å². The Balaban J connectivity index is 1.91. The number of carbonyl (C=O) groups excluding carboxylic acids is 3. The summed E-state index contributed by atoms with van der Waals surface area (Å²) in [5, 5.41) is 13.9. The van der Waals surface area contributed by atoms with Crippen molar-refractivity contribution in [3.05, 3.63) is 95.1 Å². The molecule has 7 heteroatoms. The first-order valence-corrected chi connectivity index (χ1v) is 10.7. The molecule has 0 aromatic heterocycles. The Morgan fingerprint density at radius 1 is 0.971 bits per heavy atom. The topological polar surface area (TPSA) is 95.9 Å². The molecule has 34 heavy (non-hydrogen) atoms. The van der Waals surface area contributed by atoms with Crippen molar-refractivity contribution in [1.82, 2.24) is 0 Å². The van der Waals surface area contributed by atoms with E-state index in [0.717, 1.165) is 5.56 Å². The van der Waals surface area contributed by atoms with Gasteiger partial charge in [-0.1, -0.05) is 48.0 Å². The van der Waals surface area contributed by atoms with Crippen molar-refractivity contribution >= 4 is 34.7 Å². The first-order chi connectivity index (χ1) is 16.3. The largest absolute Gasteiger partial charge is 0.507 e. The molecular formula is C27H24N2O5. The number of hydrogen-bond acceptors (Lipinski definition) is 5. The van der Waals surface area contributed by atoms with Crippen LogP contribution >= 0.6 is 0 Å². The van der Waals surface area contributed by atoms with E-state index in [9.17, 15) is 19.5 Å². The number of nitrogens with zero attached hydrogens (tertiary/aromatic N) is 1. The molecule has 0 radical (unpaired) electrons.